The lowest BCUT2D eigenvalue weighted by molar-refractivity contribution is -0.170. The standard InChI is InChI=1S/C22H38N4O6S/c1-21(2,15-31-19-8-6-7-13-30-19)17-14-18(32-25-17)23-20(27)22(3,4)24-16-9-11-26(12-10-16)33(5,28)29/h14,16,19,24H,6-13,15H2,1-5H3,(H,23,27). The van der Waals surface area contributed by atoms with Crippen molar-refractivity contribution in [1.29, 1.82) is 0 Å². The Balaban J connectivity index is 1.51. The lowest BCUT2D eigenvalue weighted by atomic mass is 9.90. The first kappa shape index (κ1) is 26.1. The van der Waals surface area contributed by atoms with E-state index >= 15 is 0 Å². The number of aromatic nitrogens is 1. The van der Waals surface area contributed by atoms with Crippen molar-refractivity contribution in [3.05, 3.63) is 11.8 Å². The Morgan fingerprint density at radius 2 is 1.91 bits per heavy atom. The van der Waals surface area contributed by atoms with E-state index in [-0.39, 0.29) is 24.1 Å². The number of rotatable bonds is 9. The van der Waals surface area contributed by atoms with Crippen LogP contribution in [0.15, 0.2) is 10.6 Å². The molecule has 3 heterocycles. The van der Waals surface area contributed by atoms with Crippen molar-refractivity contribution in [1.82, 2.24) is 14.8 Å². The maximum atomic E-state index is 12.9. The fraction of sp³-hybridized carbons (Fsp3) is 0.818. The predicted octanol–water partition coefficient (Wildman–Crippen LogP) is 2.23. The highest BCUT2D eigenvalue weighted by Crippen LogP contribution is 2.27. The number of amides is 1. The van der Waals surface area contributed by atoms with Gasteiger partial charge in [-0.2, -0.15) is 0 Å². The van der Waals surface area contributed by atoms with E-state index in [1.807, 2.05) is 13.8 Å². The van der Waals surface area contributed by atoms with E-state index in [9.17, 15) is 13.2 Å². The molecule has 1 aromatic rings. The first-order valence-electron chi connectivity index (χ1n) is 11.6. The van der Waals surface area contributed by atoms with Crippen LogP contribution in [0.3, 0.4) is 0 Å². The number of ether oxygens (including phenoxy) is 2. The molecule has 2 aliphatic rings. The fourth-order valence-electron chi connectivity index (χ4n) is 4.05. The largest absolute Gasteiger partial charge is 0.353 e. The van der Waals surface area contributed by atoms with E-state index in [1.165, 1.54) is 10.6 Å². The van der Waals surface area contributed by atoms with Gasteiger partial charge in [-0.15, -0.1) is 0 Å². The molecule has 2 saturated heterocycles. The highest BCUT2D eigenvalue weighted by molar-refractivity contribution is 7.88. The highest BCUT2D eigenvalue weighted by atomic mass is 32.2. The molecule has 0 saturated carbocycles. The highest BCUT2D eigenvalue weighted by Gasteiger charge is 2.34. The molecule has 1 aromatic heterocycles. The molecule has 11 heteroatoms. The van der Waals surface area contributed by atoms with Gasteiger partial charge in [-0.1, -0.05) is 19.0 Å². The molecule has 0 bridgehead atoms. The minimum Gasteiger partial charge on any atom is -0.353 e. The van der Waals surface area contributed by atoms with Crippen LogP contribution in [-0.2, 0) is 29.7 Å². The van der Waals surface area contributed by atoms with Crippen LogP contribution >= 0.6 is 0 Å². The Labute approximate surface area is 196 Å². The Hall–Kier alpha value is -1.53. The zero-order valence-electron chi connectivity index (χ0n) is 20.3. The molecule has 2 aliphatic heterocycles. The molecule has 0 aromatic carbocycles. The molecule has 1 unspecified atom stereocenters. The summed E-state index contributed by atoms with van der Waals surface area (Å²) in [6.07, 6.45) is 5.41. The number of hydrogen-bond donors (Lipinski definition) is 2. The van der Waals surface area contributed by atoms with Crippen LogP contribution in [0.1, 0.15) is 65.5 Å². The van der Waals surface area contributed by atoms with Crippen LogP contribution in [-0.4, -0.2) is 74.2 Å². The summed E-state index contributed by atoms with van der Waals surface area (Å²) >= 11 is 0. The molecule has 1 amide bonds. The molecule has 188 valence electrons. The van der Waals surface area contributed by atoms with Gasteiger partial charge in [0.15, 0.2) is 6.29 Å². The first-order chi connectivity index (χ1) is 15.4. The third-order valence-corrected chi connectivity index (χ3v) is 7.57. The van der Waals surface area contributed by atoms with Crippen molar-refractivity contribution in [3.8, 4) is 0 Å². The molecule has 33 heavy (non-hydrogen) atoms. The van der Waals surface area contributed by atoms with Crippen LogP contribution in [0.4, 0.5) is 5.88 Å². The molecular formula is C22H38N4O6S. The minimum absolute atomic E-state index is 0.0483. The van der Waals surface area contributed by atoms with Crippen LogP contribution in [0.25, 0.3) is 0 Å². The van der Waals surface area contributed by atoms with Gasteiger partial charge in [-0.25, -0.2) is 12.7 Å². The number of sulfonamides is 1. The molecule has 10 nitrogen and oxygen atoms in total. The van der Waals surface area contributed by atoms with Crippen molar-refractivity contribution < 1.29 is 27.2 Å². The molecule has 2 fully saturated rings. The predicted molar refractivity (Wildman–Crippen MR) is 124 cm³/mol. The number of carbonyl (C=O) groups excluding carboxylic acids is 1. The van der Waals surface area contributed by atoms with Gasteiger partial charge in [0.2, 0.25) is 21.8 Å². The van der Waals surface area contributed by atoms with Gasteiger partial charge in [-0.3, -0.25) is 10.1 Å². The molecule has 2 N–H and O–H groups in total. The summed E-state index contributed by atoms with van der Waals surface area (Å²) in [5.74, 6) is 0.0270. The average Bonchev–Trinajstić information content (AvgIpc) is 3.22. The van der Waals surface area contributed by atoms with E-state index in [0.29, 0.717) is 38.2 Å². The Morgan fingerprint density at radius 1 is 1.21 bits per heavy atom. The van der Waals surface area contributed by atoms with E-state index in [4.69, 9.17) is 14.0 Å². The van der Waals surface area contributed by atoms with Gasteiger partial charge in [0.25, 0.3) is 0 Å². The molecule has 0 spiro atoms. The van der Waals surface area contributed by atoms with Gasteiger partial charge in [0.05, 0.1) is 24.1 Å². The number of hydrogen-bond acceptors (Lipinski definition) is 8. The summed E-state index contributed by atoms with van der Waals surface area (Å²) in [6, 6.07) is 1.77. The molecule has 0 radical (unpaired) electrons. The van der Waals surface area contributed by atoms with Crippen molar-refractivity contribution in [3.63, 3.8) is 0 Å². The van der Waals surface area contributed by atoms with Crippen molar-refractivity contribution in [2.75, 3.05) is 37.9 Å². The number of nitrogens with zero attached hydrogens (tertiary/aromatic N) is 2. The summed E-state index contributed by atoms with van der Waals surface area (Å²) < 4.78 is 41.8. The lowest BCUT2D eigenvalue weighted by Gasteiger charge is -2.35. The van der Waals surface area contributed by atoms with Crippen LogP contribution in [0.2, 0.25) is 0 Å². The smallest absolute Gasteiger partial charge is 0.246 e. The second kappa shape index (κ2) is 10.4. The van der Waals surface area contributed by atoms with Gasteiger partial charge in [-0.05, 0) is 46.0 Å². The fourth-order valence-corrected chi connectivity index (χ4v) is 4.92. The quantitative estimate of drug-likeness (QED) is 0.545. The summed E-state index contributed by atoms with van der Waals surface area (Å²) in [6.45, 7) is 9.66. The number of piperidine rings is 1. The van der Waals surface area contributed by atoms with Gasteiger partial charge in [0.1, 0.15) is 0 Å². The van der Waals surface area contributed by atoms with Crippen LogP contribution < -0.4 is 10.6 Å². The third-order valence-electron chi connectivity index (χ3n) is 6.26. The van der Waals surface area contributed by atoms with Crippen LogP contribution in [0, 0.1) is 0 Å². The second-order valence-electron chi connectivity index (χ2n) is 10.2. The summed E-state index contributed by atoms with van der Waals surface area (Å²) in [5.41, 5.74) is -0.594. The van der Waals surface area contributed by atoms with E-state index in [0.717, 1.165) is 25.9 Å². The Bertz CT molecular complexity index is 900. The van der Waals surface area contributed by atoms with Crippen molar-refractivity contribution in [2.24, 2.45) is 0 Å². The maximum Gasteiger partial charge on any atom is 0.246 e. The minimum atomic E-state index is -3.18. The Kier molecular flexibility index (Phi) is 8.21. The summed E-state index contributed by atoms with van der Waals surface area (Å²) in [4.78, 5) is 12.9. The van der Waals surface area contributed by atoms with E-state index in [1.54, 1.807) is 19.9 Å². The molecule has 1 atom stereocenters. The summed E-state index contributed by atoms with van der Waals surface area (Å²) in [5, 5.41) is 10.3. The van der Waals surface area contributed by atoms with Crippen molar-refractivity contribution in [2.45, 2.75) is 83.1 Å². The third kappa shape index (κ3) is 7.22. The first-order valence-corrected chi connectivity index (χ1v) is 13.5. The average molecular weight is 487 g/mol. The van der Waals surface area contributed by atoms with E-state index < -0.39 is 21.0 Å². The molecule has 3 rings (SSSR count). The summed E-state index contributed by atoms with van der Waals surface area (Å²) in [7, 11) is -3.18. The topological polar surface area (TPSA) is 123 Å². The Morgan fingerprint density at radius 3 is 2.52 bits per heavy atom. The number of anilines is 1. The number of nitrogens with one attached hydrogen (secondary N) is 2. The van der Waals surface area contributed by atoms with Crippen molar-refractivity contribution >= 4 is 21.8 Å². The number of carbonyl (C=O) groups is 1. The second-order valence-corrected chi connectivity index (χ2v) is 12.2. The SMILES string of the molecule is CC(C)(NC1CCN(S(C)(=O)=O)CC1)C(=O)Nc1cc(C(C)(C)COC2CCCCO2)no1. The zero-order chi connectivity index (χ0) is 24.3. The molecule has 0 aliphatic carbocycles. The van der Waals surface area contributed by atoms with E-state index in [2.05, 4.69) is 15.8 Å². The van der Waals surface area contributed by atoms with Gasteiger partial charge in [0, 0.05) is 37.2 Å². The van der Waals surface area contributed by atoms with Gasteiger partial charge >= 0.3 is 0 Å². The van der Waals surface area contributed by atoms with Crippen LogP contribution in [0.5, 0.6) is 0 Å². The van der Waals surface area contributed by atoms with Gasteiger partial charge < -0.3 is 19.3 Å². The zero-order valence-corrected chi connectivity index (χ0v) is 21.2. The monoisotopic (exact) mass is 486 g/mol. The normalized spacial score (nSPS) is 21.8. The lowest BCUT2D eigenvalue weighted by Crippen LogP contribution is -2.56. The maximum absolute atomic E-state index is 12.9. The molecular weight excluding hydrogens is 448 g/mol.